The van der Waals surface area contributed by atoms with Crippen LogP contribution in [0.25, 0.3) is 0 Å². The molecular weight excluding hydrogens is 240 g/mol. The fraction of sp³-hybridized carbons (Fsp3) is 0.182. The van der Waals surface area contributed by atoms with Crippen molar-refractivity contribution in [2.24, 2.45) is 0 Å². The van der Waals surface area contributed by atoms with Gasteiger partial charge in [0.25, 0.3) is 5.91 Å². The number of thiocarbonyl (C=S) groups is 1. The zero-order valence-corrected chi connectivity index (χ0v) is 9.79. The number of hydrogen-bond donors (Lipinski definition) is 3. The number of carboxylic acids is 1. The van der Waals surface area contributed by atoms with Gasteiger partial charge in [-0.1, -0.05) is 18.2 Å². The molecule has 3 N–H and O–H groups in total. The molecule has 0 aliphatic heterocycles. The first-order valence-electron chi connectivity index (χ1n) is 4.95. The van der Waals surface area contributed by atoms with E-state index in [0.29, 0.717) is 5.56 Å². The van der Waals surface area contributed by atoms with E-state index in [1.54, 1.807) is 30.3 Å². The first kappa shape index (κ1) is 13.1. The summed E-state index contributed by atoms with van der Waals surface area (Å²) >= 11 is 4.85. The highest BCUT2D eigenvalue weighted by Gasteiger charge is 2.06. The molecule has 1 aromatic rings. The van der Waals surface area contributed by atoms with Gasteiger partial charge in [-0.25, -0.2) is 0 Å². The maximum atomic E-state index is 11.6. The van der Waals surface area contributed by atoms with Crippen LogP contribution in [0.15, 0.2) is 30.3 Å². The van der Waals surface area contributed by atoms with Gasteiger partial charge in [-0.05, 0) is 24.4 Å². The predicted octanol–water partition coefficient (Wildman–Crippen LogP) is 0.766. The Kier molecular flexibility index (Phi) is 5.09. The predicted molar refractivity (Wildman–Crippen MR) is 66.8 cm³/mol. The van der Waals surface area contributed by atoms with Crippen molar-refractivity contribution >= 4 is 29.2 Å². The van der Waals surface area contributed by atoms with E-state index in [1.807, 2.05) is 0 Å². The number of hydrogen-bond acceptors (Lipinski definition) is 3. The van der Waals surface area contributed by atoms with Crippen LogP contribution in [0.3, 0.4) is 0 Å². The Bertz CT molecular complexity index is 420. The van der Waals surface area contributed by atoms with Crippen molar-refractivity contribution in [3.63, 3.8) is 0 Å². The van der Waals surface area contributed by atoms with Crippen LogP contribution in [0.2, 0.25) is 0 Å². The van der Waals surface area contributed by atoms with Gasteiger partial charge in [0, 0.05) is 12.1 Å². The summed E-state index contributed by atoms with van der Waals surface area (Å²) < 4.78 is 0. The topological polar surface area (TPSA) is 78.4 Å². The smallest absolute Gasteiger partial charge is 0.305 e. The Balaban J connectivity index is 2.36. The van der Waals surface area contributed by atoms with E-state index in [2.05, 4.69) is 10.6 Å². The second kappa shape index (κ2) is 6.59. The Hall–Kier alpha value is -1.95. The summed E-state index contributed by atoms with van der Waals surface area (Å²) in [6.07, 6.45) is -0.0542. The fourth-order valence-electron chi connectivity index (χ4n) is 1.09. The standard InChI is InChI=1S/C11H12N2O3S/c14-9(15)6-7-12-11(17)13-10(16)8-4-2-1-3-5-8/h1-5H,6-7H2,(H,14,15)(H2,12,13,16,17). The molecule has 0 fully saturated rings. The summed E-state index contributed by atoms with van der Waals surface area (Å²) in [5.74, 6) is -1.24. The number of carbonyl (C=O) groups is 2. The number of nitrogens with one attached hydrogen (secondary N) is 2. The number of carbonyl (C=O) groups excluding carboxylic acids is 1. The van der Waals surface area contributed by atoms with Crippen molar-refractivity contribution in [3.05, 3.63) is 35.9 Å². The van der Waals surface area contributed by atoms with Crippen molar-refractivity contribution in [2.75, 3.05) is 6.54 Å². The van der Waals surface area contributed by atoms with Gasteiger partial charge in [0.15, 0.2) is 5.11 Å². The molecule has 1 aromatic carbocycles. The number of amides is 1. The van der Waals surface area contributed by atoms with Gasteiger partial charge in [0.2, 0.25) is 0 Å². The lowest BCUT2D eigenvalue weighted by atomic mass is 10.2. The first-order chi connectivity index (χ1) is 8.09. The average Bonchev–Trinajstić information content (AvgIpc) is 2.29. The van der Waals surface area contributed by atoms with Crippen LogP contribution in [0, 0.1) is 0 Å². The molecule has 0 saturated carbocycles. The lowest BCUT2D eigenvalue weighted by Gasteiger charge is -2.08. The molecular formula is C11H12N2O3S. The number of aliphatic carboxylic acids is 1. The van der Waals surface area contributed by atoms with E-state index < -0.39 is 5.97 Å². The number of benzene rings is 1. The van der Waals surface area contributed by atoms with Crippen LogP contribution >= 0.6 is 12.2 Å². The van der Waals surface area contributed by atoms with E-state index in [1.165, 1.54) is 0 Å². The second-order valence-corrected chi connectivity index (χ2v) is 3.63. The van der Waals surface area contributed by atoms with Gasteiger partial charge in [-0.15, -0.1) is 0 Å². The van der Waals surface area contributed by atoms with Crippen molar-refractivity contribution in [1.82, 2.24) is 10.6 Å². The first-order valence-corrected chi connectivity index (χ1v) is 5.36. The van der Waals surface area contributed by atoms with Crippen molar-refractivity contribution in [1.29, 1.82) is 0 Å². The Morgan fingerprint density at radius 3 is 2.47 bits per heavy atom. The molecule has 5 nitrogen and oxygen atoms in total. The van der Waals surface area contributed by atoms with E-state index >= 15 is 0 Å². The molecule has 0 unspecified atom stereocenters. The Morgan fingerprint density at radius 2 is 1.88 bits per heavy atom. The van der Waals surface area contributed by atoms with Crippen molar-refractivity contribution in [3.8, 4) is 0 Å². The molecule has 17 heavy (non-hydrogen) atoms. The maximum Gasteiger partial charge on any atom is 0.305 e. The number of rotatable bonds is 4. The monoisotopic (exact) mass is 252 g/mol. The van der Waals surface area contributed by atoms with Crippen LogP contribution < -0.4 is 10.6 Å². The highest BCUT2D eigenvalue weighted by molar-refractivity contribution is 7.80. The fourth-order valence-corrected chi connectivity index (χ4v) is 1.29. The third-order valence-electron chi connectivity index (χ3n) is 1.89. The normalized spacial score (nSPS) is 9.41. The molecule has 0 saturated heterocycles. The van der Waals surface area contributed by atoms with E-state index in [4.69, 9.17) is 17.3 Å². The minimum Gasteiger partial charge on any atom is -0.481 e. The van der Waals surface area contributed by atoms with Crippen LogP contribution in [0.4, 0.5) is 0 Å². The van der Waals surface area contributed by atoms with E-state index in [9.17, 15) is 9.59 Å². The molecule has 0 atom stereocenters. The zero-order valence-electron chi connectivity index (χ0n) is 8.97. The van der Waals surface area contributed by atoms with Crippen LogP contribution in [0.5, 0.6) is 0 Å². The quantitative estimate of drug-likeness (QED) is 0.690. The lowest BCUT2D eigenvalue weighted by Crippen LogP contribution is -2.40. The molecule has 1 rings (SSSR count). The summed E-state index contributed by atoms with van der Waals surface area (Å²) in [6.45, 7) is 0.184. The van der Waals surface area contributed by atoms with Crippen LogP contribution in [0.1, 0.15) is 16.8 Å². The molecule has 90 valence electrons. The SMILES string of the molecule is O=C(O)CCNC(=S)NC(=O)c1ccccc1. The van der Waals surface area contributed by atoms with Gasteiger partial charge in [0.1, 0.15) is 0 Å². The highest BCUT2D eigenvalue weighted by Crippen LogP contribution is 1.97. The van der Waals surface area contributed by atoms with Crippen LogP contribution in [-0.4, -0.2) is 28.6 Å². The molecule has 0 aliphatic rings. The van der Waals surface area contributed by atoms with Gasteiger partial charge in [-0.2, -0.15) is 0 Å². The molecule has 1 amide bonds. The summed E-state index contributed by atoms with van der Waals surface area (Å²) in [6, 6.07) is 8.62. The maximum absolute atomic E-state index is 11.6. The molecule has 0 bridgehead atoms. The lowest BCUT2D eigenvalue weighted by molar-refractivity contribution is -0.136. The van der Waals surface area contributed by atoms with Crippen LogP contribution in [-0.2, 0) is 4.79 Å². The molecule has 0 heterocycles. The molecule has 0 aliphatic carbocycles. The van der Waals surface area contributed by atoms with Gasteiger partial charge >= 0.3 is 5.97 Å². The Morgan fingerprint density at radius 1 is 1.24 bits per heavy atom. The summed E-state index contributed by atoms with van der Waals surface area (Å²) in [5.41, 5.74) is 0.495. The largest absolute Gasteiger partial charge is 0.481 e. The third-order valence-corrected chi connectivity index (χ3v) is 2.13. The molecule has 6 heteroatoms. The second-order valence-electron chi connectivity index (χ2n) is 3.22. The molecule has 0 aromatic heterocycles. The van der Waals surface area contributed by atoms with E-state index in [-0.39, 0.29) is 24.0 Å². The van der Waals surface area contributed by atoms with Gasteiger partial charge in [-0.3, -0.25) is 14.9 Å². The number of carboxylic acid groups (broad SMARTS) is 1. The third kappa shape index (κ3) is 5.07. The van der Waals surface area contributed by atoms with E-state index in [0.717, 1.165) is 0 Å². The van der Waals surface area contributed by atoms with Crippen molar-refractivity contribution < 1.29 is 14.7 Å². The molecule has 0 radical (unpaired) electrons. The summed E-state index contributed by atoms with van der Waals surface area (Å²) in [7, 11) is 0. The average molecular weight is 252 g/mol. The summed E-state index contributed by atoms with van der Waals surface area (Å²) in [5, 5.41) is 13.6. The Labute approximate surface area is 104 Å². The van der Waals surface area contributed by atoms with Crippen molar-refractivity contribution in [2.45, 2.75) is 6.42 Å². The summed E-state index contributed by atoms with van der Waals surface area (Å²) in [4.78, 5) is 21.9. The minimum atomic E-state index is -0.922. The zero-order chi connectivity index (χ0) is 12.7. The van der Waals surface area contributed by atoms with Gasteiger partial charge in [0.05, 0.1) is 6.42 Å². The van der Waals surface area contributed by atoms with Gasteiger partial charge < -0.3 is 10.4 Å². The molecule has 0 spiro atoms. The highest BCUT2D eigenvalue weighted by atomic mass is 32.1. The minimum absolute atomic E-state index is 0.0542.